The molecule has 1 aliphatic heterocycles. The smallest absolute Gasteiger partial charge is 0.282 e. The van der Waals surface area contributed by atoms with Gasteiger partial charge in [-0.2, -0.15) is 4.98 Å². The highest BCUT2D eigenvalue weighted by Crippen LogP contribution is 2.30. The van der Waals surface area contributed by atoms with E-state index in [-0.39, 0.29) is 17.1 Å². The molecule has 2 aromatic rings. The normalized spacial score (nSPS) is 29.3. The van der Waals surface area contributed by atoms with Crippen molar-refractivity contribution in [2.75, 3.05) is 12.3 Å². The molecule has 0 aromatic carbocycles. The third kappa shape index (κ3) is 1.92. The van der Waals surface area contributed by atoms with Gasteiger partial charge in [0, 0.05) is 7.05 Å². The highest BCUT2D eigenvalue weighted by molar-refractivity contribution is 5.71. The number of nitrogens with zero attached hydrogens (tertiary/aromatic N) is 4. The number of fused-ring (bicyclic) bond motifs is 1. The van der Waals surface area contributed by atoms with Gasteiger partial charge in [-0.15, -0.1) is 0 Å². The fourth-order valence-corrected chi connectivity index (χ4v) is 2.36. The van der Waals surface area contributed by atoms with Gasteiger partial charge >= 0.3 is 0 Å². The number of nitrogens with two attached hydrogens (primary N) is 1. The topological polar surface area (TPSA) is 149 Å². The highest BCUT2D eigenvalue weighted by atomic mass is 16.6. The molecule has 114 valence electrons. The summed E-state index contributed by atoms with van der Waals surface area (Å²) in [6.07, 6.45) is -3.20. The fourth-order valence-electron chi connectivity index (χ4n) is 2.36. The van der Waals surface area contributed by atoms with E-state index in [0.29, 0.717) is 0 Å². The molecule has 1 saturated heterocycles. The van der Waals surface area contributed by atoms with E-state index in [0.717, 1.165) is 4.57 Å². The van der Waals surface area contributed by atoms with Crippen molar-refractivity contribution < 1.29 is 20.1 Å². The average molecular weight is 297 g/mol. The van der Waals surface area contributed by atoms with Gasteiger partial charge in [-0.1, -0.05) is 0 Å². The van der Waals surface area contributed by atoms with E-state index in [1.807, 2.05) is 0 Å². The average Bonchev–Trinajstić information content (AvgIpc) is 2.99. The number of hydrogen-bond acceptors (Lipinski definition) is 8. The minimum absolute atomic E-state index is 0.0130. The van der Waals surface area contributed by atoms with Gasteiger partial charge in [-0.25, -0.2) is 4.98 Å². The number of imidazole rings is 1. The molecule has 4 atom stereocenters. The molecule has 10 heteroatoms. The molecule has 3 rings (SSSR count). The highest BCUT2D eigenvalue weighted by Gasteiger charge is 2.44. The number of aromatic nitrogens is 4. The van der Waals surface area contributed by atoms with Crippen LogP contribution in [0.1, 0.15) is 6.23 Å². The zero-order valence-corrected chi connectivity index (χ0v) is 11.1. The molecule has 10 nitrogen and oxygen atoms in total. The van der Waals surface area contributed by atoms with E-state index in [1.54, 1.807) is 0 Å². The van der Waals surface area contributed by atoms with Crippen molar-refractivity contribution in [3.63, 3.8) is 0 Å². The summed E-state index contributed by atoms with van der Waals surface area (Å²) in [4.78, 5) is 20.0. The lowest BCUT2D eigenvalue weighted by Gasteiger charge is -2.16. The molecule has 0 radical (unpaired) electrons. The number of rotatable bonds is 2. The van der Waals surface area contributed by atoms with Crippen molar-refractivity contribution in [2.24, 2.45) is 7.05 Å². The molecule has 3 heterocycles. The number of ether oxygens (including phenoxy) is 1. The number of aliphatic hydroxyl groups is 3. The van der Waals surface area contributed by atoms with Crippen molar-refractivity contribution in [3.8, 4) is 0 Å². The molecular formula is C11H15N5O5. The molecule has 5 N–H and O–H groups in total. The summed E-state index contributed by atoms with van der Waals surface area (Å²) in [6, 6.07) is 0. The van der Waals surface area contributed by atoms with E-state index in [1.165, 1.54) is 17.9 Å². The Labute approximate surface area is 118 Å². The molecule has 0 amide bonds. The van der Waals surface area contributed by atoms with E-state index in [9.17, 15) is 15.0 Å². The summed E-state index contributed by atoms with van der Waals surface area (Å²) < 4.78 is 7.85. The van der Waals surface area contributed by atoms with Crippen LogP contribution in [0.4, 0.5) is 5.95 Å². The molecule has 0 bridgehead atoms. The molecular weight excluding hydrogens is 282 g/mol. The van der Waals surface area contributed by atoms with E-state index in [4.69, 9.17) is 15.6 Å². The van der Waals surface area contributed by atoms with E-state index < -0.39 is 36.7 Å². The second kappa shape index (κ2) is 4.77. The van der Waals surface area contributed by atoms with Crippen molar-refractivity contribution in [3.05, 3.63) is 16.7 Å². The van der Waals surface area contributed by atoms with Crippen LogP contribution in [0, 0.1) is 0 Å². The third-order valence-corrected chi connectivity index (χ3v) is 3.63. The predicted octanol–water partition coefficient (Wildman–Crippen LogP) is -2.68. The number of nitrogen functional groups attached to an aromatic ring is 1. The van der Waals surface area contributed by atoms with Crippen LogP contribution in [0.25, 0.3) is 11.2 Å². The fraction of sp³-hybridized carbons (Fsp3) is 0.545. The van der Waals surface area contributed by atoms with Gasteiger partial charge < -0.3 is 25.8 Å². The monoisotopic (exact) mass is 297 g/mol. The molecule has 21 heavy (non-hydrogen) atoms. The van der Waals surface area contributed by atoms with E-state index in [2.05, 4.69) is 9.97 Å². The van der Waals surface area contributed by atoms with Crippen LogP contribution in [-0.2, 0) is 11.8 Å². The maximum Gasteiger partial charge on any atom is 0.282 e. The lowest BCUT2D eigenvalue weighted by molar-refractivity contribution is -0.0511. The molecule has 1 fully saturated rings. The first kappa shape index (κ1) is 13.9. The van der Waals surface area contributed by atoms with Crippen molar-refractivity contribution in [1.82, 2.24) is 19.1 Å². The molecule has 2 aromatic heterocycles. The van der Waals surface area contributed by atoms with Crippen LogP contribution in [0.15, 0.2) is 11.1 Å². The van der Waals surface area contributed by atoms with Gasteiger partial charge in [0.2, 0.25) is 5.95 Å². The zero-order chi connectivity index (χ0) is 15.3. The van der Waals surface area contributed by atoms with Gasteiger partial charge in [0.25, 0.3) is 5.56 Å². The molecule has 0 saturated carbocycles. The van der Waals surface area contributed by atoms with Crippen LogP contribution in [-0.4, -0.2) is 59.3 Å². The number of aliphatic hydroxyl groups excluding tert-OH is 3. The standard InChI is InChI=1S/C11H15N5O5/c1-15-9(20)5-8(14-11(15)12)16(3-13-5)10-7(19)6(18)4(2-17)21-10/h3-4,6-7,10,17-19H,2H2,1H3,(H2,12,14)/t4-,6+,7+,10+/m0/s1. The third-order valence-electron chi connectivity index (χ3n) is 3.63. The summed E-state index contributed by atoms with van der Waals surface area (Å²) in [5, 5.41) is 28.9. The molecule has 0 aliphatic carbocycles. The largest absolute Gasteiger partial charge is 0.394 e. The predicted molar refractivity (Wildman–Crippen MR) is 70.2 cm³/mol. The van der Waals surface area contributed by atoms with Crippen LogP contribution in [0.5, 0.6) is 0 Å². The van der Waals surface area contributed by atoms with E-state index >= 15 is 0 Å². The number of anilines is 1. The Hall–Kier alpha value is -2.01. The minimum atomic E-state index is -1.29. The van der Waals surface area contributed by atoms with Gasteiger partial charge in [-0.3, -0.25) is 13.9 Å². The van der Waals surface area contributed by atoms with Crippen molar-refractivity contribution >= 4 is 17.1 Å². The maximum atomic E-state index is 12.0. The lowest BCUT2D eigenvalue weighted by atomic mass is 10.1. The Bertz CT molecular complexity index is 740. The quantitative estimate of drug-likeness (QED) is 0.468. The van der Waals surface area contributed by atoms with Gasteiger partial charge in [0.05, 0.1) is 12.9 Å². The molecule has 1 aliphatic rings. The van der Waals surface area contributed by atoms with Crippen LogP contribution in [0.3, 0.4) is 0 Å². The Morgan fingerprint density at radius 1 is 1.43 bits per heavy atom. The Morgan fingerprint density at radius 3 is 2.76 bits per heavy atom. The summed E-state index contributed by atoms with van der Waals surface area (Å²) >= 11 is 0. The zero-order valence-electron chi connectivity index (χ0n) is 11.1. The summed E-state index contributed by atoms with van der Waals surface area (Å²) in [6.45, 7) is -0.446. The summed E-state index contributed by atoms with van der Waals surface area (Å²) in [7, 11) is 1.47. The molecule has 0 spiro atoms. The van der Waals surface area contributed by atoms with Crippen molar-refractivity contribution in [2.45, 2.75) is 24.5 Å². The van der Waals surface area contributed by atoms with Gasteiger partial charge in [-0.05, 0) is 0 Å². The molecule has 0 unspecified atom stereocenters. The van der Waals surface area contributed by atoms with Crippen LogP contribution < -0.4 is 11.3 Å². The first-order chi connectivity index (χ1) is 9.95. The second-order valence-corrected chi connectivity index (χ2v) is 4.89. The van der Waals surface area contributed by atoms with Gasteiger partial charge in [0.1, 0.15) is 18.3 Å². The SMILES string of the molecule is Cn1c(N)nc2c(ncn2[C@@H]2O[C@@H](CO)[C@@H](O)[C@H]2O)c1=O. The second-order valence-electron chi connectivity index (χ2n) is 4.89. The Morgan fingerprint density at radius 2 is 2.14 bits per heavy atom. The Balaban J connectivity index is 2.12. The van der Waals surface area contributed by atoms with Crippen LogP contribution in [0.2, 0.25) is 0 Å². The Kier molecular flexibility index (Phi) is 3.17. The maximum absolute atomic E-state index is 12.0. The first-order valence-corrected chi connectivity index (χ1v) is 6.27. The summed E-state index contributed by atoms with van der Waals surface area (Å²) in [5.74, 6) is -0.0130. The van der Waals surface area contributed by atoms with Crippen molar-refractivity contribution in [1.29, 1.82) is 0 Å². The van der Waals surface area contributed by atoms with Gasteiger partial charge in [0.15, 0.2) is 17.4 Å². The number of hydrogen-bond donors (Lipinski definition) is 4. The minimum Gasteiger partial charge on any atom is -0.394 e. The lowest BCUT2D eigenvalue weighted by Crippen LogP contribution is -2.33. The first-order valence-electron chi connectivity index (χ1n) is 6.27. The summed E-state index contributed by atoms with van der Waals surface area (Å²) in [5.41, 5.74) is 5.44. The van der Waals surface area contributed by atoms with Crippen LogP contribution >= 0.6 is 0 Å².